The van der Waals surface area contributed by atoms with Crippen LogP contribution in [-0.2, 0) is 75.2 Å². The number of primary amides is 1. The molecule has 14 atom stereocenters. The zero-order valence-electron chi connectivity index (χ0n) is 54.4. The molecule has 0 aromatic heterocycles. The lowest BCUT2D eigenvalue weighted by Crippen LogP contribution is -2.63. The van der Waals surface area contributed by atoms with E-state index >= 15 is 0 Å². The second-order valence-corrected chi connectivity index (χ2v) is 24.2. The molecule has 0 bridgehead atoms. The molecule has 2 aromatic rings. The number of phenolic OH excluding ortho intramolecular Hbond substituents is 1. The van der Waals surface area contributed by atoms with Crippen LogP contribution >= 0.6 is 0 Å². The van der Waals surface area contributed by atoms with Crippen molar-refractivity contribution in [1.82, 2.24) is 52.8 Å². The number of phenols is 1. The van der Waals surface area contributed by atoms with Crippen LogP contribution in [0.2, 0.25) is 0 Å². The Hall–Kier alpha value is -8.81. The van der Waals surface area contributed by atoms with Crippen LogP contribution in [0.15, 0.2) is 54.6 Å². The van der Waals surface area contributed by atoms with Gasteiger partial charge in [0, 0.05) is 19.4 Å². The molecular weight excluding hydrogens is 1230 g/mol. The SMILES string of the molecule is CC[C@H](C)[C@H](NC(=O)[C@H](CO)NC(=O)[C@@H](NC(=O)[C@@H](NC(=O)[C@H](Cc1ccccc1)NC(=O)[C@H](CCCCN)NC(=O)[C@@H]1CCCN1C(=O)[C@H](CC(=O)O)NC(=O)[C@H](CC(C)C)NC(=O)[C@H](CCC(N)=O)NC(=O)[C@@H](N)Cc1ccc(O)cc1)[C@@H](C)CC)[C@@H](C)O)C(=O)O. The maximum Gasteiger partial charge on any atom is 0.326 e. The van der Waals surface area contributed by atoms with Gasteiger partial charge in [-0.15, -0.1) is 0 Å². The van der Waals surface area contributed by atoms with Crippen LogP contribution in [0.4, 0.5) is 0 Å². The fourth-order valence-corrected chi connectivity index (χ4v) is 10.3. The summed E-state index contributed by atoms with van der Waals surface area (Å²) in [6.07, 6.45) is -2.13. The Balaban J connectivity index is 1.90. The Morgan fingerprint density at radius 3 is 1.63 bits per heavy atom. The molecule has 31 nitrogen and oxygen atoms in total. The third-order valence-electron chi connectivity index (χ3n) is 16.2. The Bertz CT molecular complexity index is 2900. The van der Waals surface area contributed by atoms with E-state index < -0.39 is 174 Å². The summed E-state index contributed by atoms with van der Waals surface area (Å²) in [5.74, 6) is -14.8. The van der Waals surface area contributed by atoms with Gasteiger partial charge < -0.3 is 95.5 Å². The van der Waals surface area contributed by atoms with E-state index in [9.17, 15) is 87.9 Å². The summed E-state index contributed by atoms with van der Waals surface area (Å²) in [5.41, 5.74) is 18.5. The molecule has 31 heteroatoms. The minimum atomic E-state index is -1.82. The van der Waals surface area contributed by atoms with Gasteiger partial charge in [-0.25, -0.2) is 4.79 Å². The summed E-state index contributed by atoms with van der Waals surface area (Å²) >= 11 is 0. The van der Waals surface area contributed by atoms with Crippen LogP contribution < -0.4 is 65.1 Å². The summed E-state index contributed by atoms with van der Waals surface area (Å²) in [5, 5.41) is 72.7. The van der Waals surface area contributed by atoms with Gasteiger partial charge in [0.2, 0.25) is 65.0 Å². The first-order valence-electron chi connectivity index (χ1n) is 31.7. The van der Waals surface area contributed by atoms with Crippen LogP contribution in [0.3, 0.4) is 0 Å². The highest BCUT2D eigenvalue weighted by Crippen LogP contribution is 2.22. The van der Waals surface area contributed by atoms with Crippen molar-refractivity contribution in [3.63, 3.8) is 0 Å². The molecule has 1 fully saturated rings. The zero-order valence-corrected chi connectivity index (χ0v) is 54.4. The standard InChI is InChI=1S/C63H97N13O18/c1-8-34(5)50(60(90)75-52(36(7)78)61(91)72-46(32-77)58(88)74-51(63(93)94)35(6)9-2)73-57(87)44(30-37-16-11-10-12-17-37)70-54(84)41(18-13-14-26-64)68-59(89)47-19-15-27-76(47)62(92)45(31-49(81)82)71-56(86)43(28-33(3)4)69-55(85)42(24-25-48(66)80)67-53(83)40(65)29-38-20-22-39(79)23-21-38/h10-12,16-17,20-23,33-36,40-47,50-52,77-79H,8-9,13-15,18-19,24-32,64-65H2,1-7H3,(H2,66,80)(H,67,83)(H,68,89)(H,69,85)(H,70,84)(H,71,86)(H,72,91)(H,73,87)(H,74,88)(H,75,90)(H,81,82)(H,93,94)/t34-,35-,36+,40-,41-,42-,43-,44-,45-,46-,47-,50-,51-,52-/m0/s1. The Morgan fingerprint density at radius 1 is 0.574 bits per heavy atom. The number of aliphatic hydroxyl groups is 2. The Kier molecular flexibility index (Phi) is 33.5. The molecule has 0 saturated carbocycles. The van der Waals surface area contributed by atoms with E-state index in [-0.39, 0.29) is 89.0 Å². The molecule has 20 N–H and O–H groups in total. The van der Waals surface area contributed by atoms with Gasteiger partial charge in [0.25, 0.3) is 0 Å². The number of carbonyl (C=O) groups excluding carboxylic acids is 11. The van der Waals surface area contributed by atoms with Crippen LogP contribution in [-0.4, -0.2) is 200 Å². The highest BCUT2D eigenvalue weighted by atomic mass is 16.4. The fraction of sp³-hybridized carbons (Fsp3) is 0.603. The van der Waals surface area contributed by atoms with Gasteiger partial charge in [0.15, 0.2) is 0 Å². The number of hydrogen-bond donors (Lipinski definition) is 17. The van der Waals surface area contributed by atoms with Crippen molar-refractivity contribution < 1.29 is 87.9 Å². The quantitative estimate of drug-likeness (QED) is 0.0302. The number of unbranched alkanes of at least 4 members (excludes halogenated alkanes) is 1. The van der Waals surface area contributed by atoms with E-state index in [0.29, 0.717) is 24.0 Å². The number of aromatic hydroxyl groups is 1. The summed E-state index contributed by atoms with van der Waals surface area (Å²) in [6, 6.07) is -2.21. The van der Waals surface area contributed by atoms with Crippen LogP contribution in [0.25, 0.3) is 0 Å². The number of rotatable bonds is 41. The predicted octanol–water partition coefficient (Wildman–Crippen LogP) is -2.68. The first-order chi connectivity index (χ1) is 44.3. The van der Waals surface area contributed by atoms with Gasteiger partial charge in [-0.3, -0.25) is 57.5 Å². The molecule has 0 spiro atoms. The summed E-state index contributed by atoms with van der Waals surface area (Å²) in [6.45, 7) is 10.3. The van der Waals surface area contributed by atoms with E-state index in [4.69, 9.17) is 17.2 Å². The van der Waals surface area contributed by atoms with Gasteiger partial charge in [0.05, 0.1) is 25.2 Å². The van der Waals surface area contributed by atoms with Crippen molar-refractivity contribution in [2.75, 3.05) is 19.7 Å². The molecule has 0 aliphatic carbocycles. The van der Waals surface area contributed by atoms with E-state index in [1.165, 1.54) is 12.1 Å². The van der Waals surface area contributed by atoms with Crippen LogP contribution in [0, 0.1) is 17.8 Å². The molecule has 522 valence electrons. The number of aliphatic carboxylic acids is 2. The molecule has 1 heterocycles. The number of aliphatic hydroxyl groups excluding tert-OH is 2. The molecule has 1 aliphatic rings. The number of nitrogens with two attached hydrogens (primary N) is 3. The third-order valence-corrected chi connectivity index (χ3v) is 16.2. The molecule has 1 aliphatic heterocycles. The maximum absolute atomic E-state index is 14.6. The zero-order chi connectivity index (χ0) is 70.5. The minimum absolute atomic E-state index is 0.0115. The number of carboxylic acids is 2. The lowest BCUT2D eigenvalue weighted by molar-refractivity contribution is -0.146. The van der Waals surface area contributed by atoms with E-state index in [0.717, 1.165) is 11.8 Å². The molecular formula is C63H97N13O18. The lowest BCUT2D eigenvalue weighted by Gasteiger charge is -2.31. The predicted molar refractivity (Wildman–Crippen MR) is 340 cm³/mol. The second-order valence-electron chi connectivity index (χ2n) is 24.2. The molecule has 0 radical (unpaired) electrons. The first kappa shape index (κ1) is 79.4. The summed E-state index contributed by atoms with van der Waals surface area (Å²) in [4.78, 5) is 178. The maximum atomic E-state index is 14.6. The summed E-state index contributed by atoms with van der Waals surface area (Å²) in [7, 11) is 0. The van der Waals surface area contributed by atoms with Crippen molar-refractivity contribution in [3.05, 3.63) is 65.7 Å². The number of benzene rings is 2. The molecule has 1 saturated heterocycles. The average Bonchev–Trinajstić information content (AvgIpc) is 1.57. The van der Waals surface area contributed by atoms with Crippen LogP contribution in [0.5, 0.6) is 5.75 Å². The average molecular weight is 1320 g/mol. The largest absolute Gasteiger partial charge is 0.508 e. The normalized spacial score (nSPS) is 17.0. The van der Waals surface area contributed by atoms with Gasteiger partial charge in [-0.1, -0.05) is 96.8 Å². The highest BCUT2D eigenvalue weighted by molar-refractivity contribution is 6.00. The Morgan fingerprint density at radius 2 is 1.07 bits per heavy atom. The van der Waals surface area contributed by atoms with Crippen molar-refractivity contribution in [3.8, 4) is 5.75 Å². The monoisotopic (exact) mass is 1320 g/mol. The third kappa shape index (κ3) is 25.9. The second kappa shape index (κ2) is 39.7. The van der Waals surface area contributed by atoms with Crippen molar-refractivity contribution in [2.45, 2.75) is 205 Å². The number of nitrogens with one attached hydrogen (secondary N) is 9. The molecule has 94 heavy (non-hydrogen) atoms. The first-order valence-corrected chi connectivity index (χ1v) is 31.7. The Labute approximate surface area is 546 Å². The van der Waals surface area contributed by atoms with E-state index in [2.05, 4.69) is 47.9 Å². The fourth-order valence-electron chi connectivity index (χ4n) is 10.3. The number of nitrogens with zero attached hydrogens (tertiary/aromatic N) is 1. The van der Waals surface area contributed by atoms with Crippen molar-refractivity contribution in [1.29, 1.82) is 0 Å². The number of carbonyl (C=O) groups is 13. The number of carboxylic acid groups (broad SMARTS) is 2. The lowest BCUT2D eigenvalue weighted by atomic mass is 9.96. The molecule has 0 unspecified atom stereocenters. The topological polar surface area (TPSA) is 513 Å². The van der Waals surface area contributed by atoms with Crippen molar-refractivity contribution >= 4 is 76.9 Å². The minimum Gasteiger partial charge on any atom is -0.508 e. The highest BCUT2D eigenvalue weighted by Gasteiger charge is 2.42. The smallest absolute Gasteiger partial charge is 0.326 e. The van der Waals surface area contributed by atoms with E-state index in [1.807, 2.05) is 0 Å². The van der Waals surface area contributed by atoms with Gasteiger partial charge in [-0.05, 0) is 106 Å². The van der Waals surface area contributed by atoms with Gasteiger partial charge >= 0.3 is 11.9 Å². The van der Waals surface area contributed by atoms with Gasteiger partial charge in [-0.2, -0.15) is 0 Å². The number of likely N-dealkylation sites (tertiary alicyclic amines) is 1. The molecule has 2 aromatic carbocycles. The molecule has 3 rings (SSSR count). The number of amides is 11. The van der Waals surface area contributed by atoms with Crippen molar-refractivity contribution in [2.24, 2.45) is 35.0 Å². The number of hydrogen-bond acceptors (Lipinski definition) is 18. The molecule has 11 amide bonds. The van der Waals surface area contributed by atoms with Crippen LogP contribution in [0.1, 0.15) is 130 Å². The van der Waals surface area contributed by atoms with E-state index in [1.54, 1.807) is 84.0 Å². The summed E-state index contributed by atoms with van der Waals surface area (Å²) < 4.78 is 0. The van der Waals surface area contributed by atoms with Gasteiger partial charge in [0.1, 0.15) is 66.2 Å².